The fourth-order valence-electron chi connectivity index (χ4n) is 2.13. The van der Waals surface area contributed by atoms with E-state index < -0.39 is 0 Å². The van der Waals surface area contributed by atoms with Crippen LogP contribution in [0.3, 0.4) is 0 Å². The van der Waals surface area contributed by atoms with E-state index in [1.54, 1.807) is 0 Å². The van der Waals surface area contributed by atoms with Gasteiger partial charge < -0.3 is 14.8 Å². The number of carbonyl (C=O) groups excluding carboxylic acids is 1. The van der Waals surface area contributed by atoms with Crippen molar-refractivity contribution in [3.8, 4) is 11.5 Å². The molecule has 4 nitrogen and oxygen atoms in total. The van der Waals surface area contributed by atoms with Gasteiger partial charge in [0.25, 0.3) is 0 Å². The van der Waals surface area contributed by atoms with Gasteiger partial charge in [0.15, 0.2) is 11.5 Å². The first-order valence-electron chi connectivity index (χ1n) is 7.56. The van der Waals surface area contributed by atoms with Crippen molar-refractivity contribution in [1.29, 1.82) is 0 Å². The van der Waals surface area contributed by atoms with Crippen LogP contribution in [-0.2, 0) is 11.2 Å². The maximum Gasteiger partial charge on any atom is 0.228 e. The number of anilines is 1. The number of hydrogen-bond donors (Lipinski definition) is 1. The first kappa shape index (κ1) is 17.3. The Bertz CT molecular complexity index is 656. The Labute approximate surface area is 144 Å². The lowest BCUT2D eigenvalue weighted by Crippen LogP contribution is -2.14. The minimum absolute atomic E-state index is 0.0704. The summed E-state index contributed by atoms with van der Waals surface area (Å²) in [5, 5.41) is 2.88. The minimum atomic E-state index is -0.0704. The molecule has 5 heteroatoms. The van der Waals surface area contributed by atoms with Crippen molar-refractivity contribution in [3.63, 3.8) is 0 Å². The molecule has 0 spiro atoms. The zero-order valence-corrected chi connectivity index (χ0v) is 14.9. The molecule has 2 rings (SSSR count). The van der Waals surface area contributed by atoms with Crippen LogP contribution in [0.5, 0.6) is 11.5 Å². The zero-order chi connectivity index (χ0) is 16.7. The summed E-state index contributed by atoms with van der Waals surface area (Å²) in [5.41, 5.74) is 1.65. The van der Waals surface area contributed by atoms with Gasteiger partial charge in [0.2, 0.25) is 5.91 Å². The summed E-state index contributed by atoms with van der Waals surface area (Å²) in [6, 6.07) is 13.1. The molecule has 0 aliphatic heterocycles. The van der Waals surface area contributed by atoms with Crippen molar-refractivity contribution in [1.82, 2.24) is 0 Å². The van der Waals surface area contributed by atoms with Crippen LogP contribution in [0.15, 0.2) is 46.9 Å². The number of hydrogen-bond acceptors (Lipinski definition) is 3. The van der Waals surface area contributed by atoms with Crippen LogP contribution in [0.2, 0.25) is 0 Å². The van der Waals surface area contributed by atoms with Crippen molar-refractivity contribution < 1.29 is 14.3 Å². The maximum absolute atomic E-state index is 12.2. The van der Waals surface area contributed by atoms with E-state index in [4.69, 9.17) is 9.47 Å². The molecule has 0 atom stereocenters. The summed E-state index contributed by atoms with van der Waals surface area (Å²) in [6.07, 6.45) is 0.280. The summed E-state index contributed by atoms with van der Waals surface area (Å²) in [5.74, 6) is 1.30. The molecule has 122 valence electrons. The van der Waals surface area contributed by atoms with Gasteiger partial charge in [0, 0.05) is 10.2 Å². The van der Waals surface area contributed by atoms with E-state index in [2.05, 4.69) is 21.2 Å². The topological polar surface area (TPSA) is 47.6 Å². The normalized spacial score (nSPS) is 10.2. The molecule has 0 bridgehead atoms. The number of carbonyl (C=O) groups is 1. The zero-order valence-electron chi connectivity index (χ0n) is 13.3. The third-order valence-electron chi connectivity index (χ3n) is 3.10. The lowest BCUT2D eigenvalue weighted by molar-refractivity contribution is -0.115. The molecule has 0 saturated carbocycles. The van der Waals surface area contributed by atoms with Crippen LogP contribution in [0.1, 0.15) is 19.4 Å². The van der Waals surface area contributed by atoms with Gasteiger partial charge in [-0.05, 0) is 55.8 Å². The first-order valence-corrected chi connectivity index (χ1v) is 8.35. The number of nitrogens with one attached hydrogen (secondary N) is 1. The van der Waals surface area contributed by atoms with E-state index in [9.17, 15) is 4.79 Å². The van der Waals surface area contributed by atoms with Gasteiger partial charge in [-0.3, -0.25) is 4.79 Å². The van der Waals surface area contributed by atoms with Gasteiger partial charge >= 0.3 is 0 Å². The largest absolute Gasteiger partial charge is 0.490 e. The number of ether oxygens (including phenoxy) is 2. The van der Waals surface area contributed by atoms with E-state index in [0.717, 1.165) is 15.7 Å². The third-order valence-corrected chi connectivity index (χ3v) is 3.63. The molecule has 2 aromatic carbocycles. The summed E-state index contributed by atoms with van der Waals surface area (Å²) in [7, 11) is 0. The molecular formula is C18H20BrNO3. The van der Waals surface area contributed by atoms with Crippen molar-refractivity contribution in [3.05, 3.63) is 52.5 Å². The predicted octanol–water partition coefficient (Wildman–Crippen LogP) is 4.43. The van der Waals surface area contributed by atoms with Crippen molar-refractivity contribution in [2.24, 2.45) is 0 Å². The highest BCUT2D eigenvalue weighted by Crippen LogP contribution is 2.28. The molecule has 0 heterocycles. The lowest BCUT2D eigenvalue weighted by Gasteiger charge is -2.12. The second-order valence-corrected chi connectivity index (χ2v) is 5.79. The van der Waals surface area contributed by atoms with Gasteiger partial charge in [0.1, 0.15) is 0 Å². The quantitative estimate of drug-likeness (QED) is 0.776. The van der Waals surface area contributed by atoms with Crippen molar-refractivity contribution >= 4 is 27.5 Å². The Morgan fingerprint density at radius 2 is 1.65 bits per heavy atom. The van der Waals surface area contributed by atoms with Crippen LogP contribution in [0, 0.1) is 0 Å². The molecule has 0 saturated heterocycles. The van der Waals surface area contributed by atoms with E-state index >= 15 is 0 Å². The summed E-state index contributed by atoms with van der Waals surface area (Å²) < 4.78 is 12.1. The van der Waals surface area contributed by atoms with E-state index in [-0.39, 0.29) is 12.3 Å². The molecule has 0 radical (unpaired) electrons. The number of benzene rings is 2. The van der Waals surface area contributed by atoms with E-state index in [1.807, 2.05) is 56.3 Å². The van der Waals surface area contributed by atoms with Crippen LogP contribution in [-0.4, -0.2) is 19.1 Å². The Morgan fingerprint density at radius 1 is 1.00 bits per heavy atom. The fraction of sp³-hybridized carbons (Fsp3) is 0.278. The predicted molar refractivity (Wildman–Crippen MR) is 95.3 cm³/mol. The Hall–Kier alpha value is -2.01. The second kappa shape index (κ2) is 8.58. The molecule has 0 unspecified atom stereocenters. The highest BCUT2D eigenvalue weighted by atomic mass is 79.9. The average molecular weight is 378 g/mol. The third kappa shape index (κ3) is 5.28. The van der Waals surface area contributed by atoms with E-state index in [0.29, 0.717) is 24.7 Å². The number of rotatable bonds is 7. The molecule has 0 fully saturated rings. The molecule has 1 N–H and O–H groups in total. The highest BCUT2D eigenvalue weighted by Gasteiger charge is 2.09. The molecule has 2 aromatic rings. The van der Waals surface area contributed by atoms with E-state index in [1.165, 1.54) is 0 Å². The molecular weight excluding hydrogens is 358 g/mol. The number of amides is 1. The Morgan fingerprint density at radius 3 is 2.30 bits per heavy atom. The fourth-order valence-corrected chi connectivity index (χ4v) is 2.39. The Kier molecular flexibility index (Phi) is 6.47. The van der Waals surface area contributed by atoms with Crippen LogP contribution in [0.25, 0.3) is 0 Å². The van der Waals surface area contributed by atoms with Crippen LogP contribution >= 0.6 is 15.9 Å². The molecule has 0 aliphatic rings. The summed E-state index contributed by atoms with van der Waals surface area (Å²) in [4.78, 5) is 12.2. The second-order valence-electron chi connectivity index (χ2n) is 4.88. The Balaban J connectivity index is 2.05. The van der Waals surface area contributed by atoms with Crippen LogP contribution < -0.4 is 14.8 Å². The molecule has 0 aliphatic carbocycles. The number of halogens is 1. The smallest absolute Gasteiger partial charge is 0.228 e. The summed E-state index contributed by atoms with van der Waals surface area (Å²) >= 11 is 3.37. The summed E-state index contributed by atoms with van der Waals surface area (Å²) in [6.45, 7) is 4.97. The molecule has 23 heavy (non-hydrogen) atoms. The van der Waals surface area contributed by atoms with Gasteiger partial charge in [0.05, 0.1) is 19.6 Å². The average Bonchev–Trinajstić information content (AvgIpc) is 2.52. The first-order chi connectivity index (χ1) is 11.1. The molecule has 1 amide bonds. The standard InChI is InChI=1S/C18H20BrNO3/c1-3-22-16-10-5-13(11-17(16)23-4-2)12-18(21)20-15-8-6-14(19)7-9-15/h5-11H,3-4,12H2,1-2H3,(H,20,21). The maximum atomic E-state index is 12.2. The monoisotopic (exact) mass is 377 g/mol. The van der Waals surface area contributed by atoms with Gasteiger partial charge in [-0.2, -0.15) is 0 Å². The molecule has 0 aromatic heterocycles. The van der Waals surface area contributed by atoms with Crippen molar-refractivity contribution in [2.45, 2.75) is 20.3 Å². The van der Waals surface area contributed by atoms with Gasteiger partial charge in [-0.15, -0.1) is 0 Å². The highest BCUT2D eigenvalue weighted by molar-refractivity contribution is 9.10. The minimum Gasteiger partial charge on any atom is -0.490 e. The SMILES string of the molecule is CCOc1ccc(CC(=O)Nc2ccc(Br)cc2)cc1OCC. The van der Waals surface area contributed by atoms with Gasteiger partial charge in [-0.1, -0.05) is 22.0 Å². The van der Waals surface area contributed by atoms with Crippen molar-refractivity contribution in [2.75, 3.05) is 18.5 Å². The van der Waals surface area contributed by atoms with Gasteiger partial charge in [-0.25, -0.2) is 0 Å². The lowest BCUT2D eigenvalue weighted by atomic mass is 10.1. The van der Waals surface area contributed by atoms with Crippen LogP contribution in [0.4, 0.5) is 5.69 Å².